The Morgan fingerprint density at radius 2 is 2.12 bits per heavy atom. The average Bonchev–Trinajstić information content (AvgIpc) is 3.28. The molecule has 0 saturated carbocycles. The van der Waals surface area contributed by atoms with Crippen molar-refractivity contribution in [2.45, 2.75) is 20.3 Å². The van der Waals surface area contributed by atoms with Gasteiger partial charge in [0.05, 0.1) is 11.5 Å². The molecule has 2 aromatic rings. The van der Waals surface area contributed by atoms with E-state index in [9.17, 15) is 9.59 Å². The number of cyclic esters (lactones) is 1. The Labute approximate surface area is 154 Å². The highest BCUT2D eigenvalue weighted by atomic mass is 32.1. The highest BCUT2D eigenvalue weighted by Gasteiger charge is 2.24. The molecule has 0 spiro atoms. The van der Waals surface area contributed by atoms with E-state index >= 15 is 0 Å². The van der Waals surface area contributed by atoms with Gasteiger partial charge in [-0.3, -0.25) is 4.79 Å². The number of carbonyl (C=O) groups is 2. The zero-order chi connectivity index (χ0) is 18.5. The van der Waals surface area contributed by atoms with E-state index in [0.29, 0.717) is 29.6 Å². The van der Waals surface area contributed by atoms with Crippen molar-refractivity contribution >= 4 is 35.2 Å². The van der Waals surface area contributed by atoms with E-state index in [0.717, 1.165) is 4.88 Å². The van der Waals surface area contributed by atoms with Crippen molar-refractivity contribution < 1.29 is 23.8 Å². The van der Waals surface area contributed by atoms with Crippen LogP contribution in [0, 0.1) is 0 Å². The fourth-order valence-electron chi connectivity index (χ4n) is 2.23. The number of hydrogen-bond acceptors (Lipinski definition) is 7. The molecular formula is C19H17NO5S. The minimum atomic E-state index is -0.507. The van der Waals surface area contributed by atoms with Gasteiger partial charge < -0.3 is 14.2 Å². The largest absolute Gasteiger partial charge is 0.490 e. The SMILES string of the molecule is CCOc1cc(/C=C2/N=C(c3cccs3)OC2=O)ccc1OC(=O)CC. The van der Waals surface area contributed by atoms with Crippen molar-refractivity contribution in [1.29, 1.82) is 0 Å². The quantitative estimate of drug-likeness (QED) is 0.439. The van der Waals surface area contributed by atoms with E-state index < -0.39 is 5.97 Å². The molecule has 0 N–H and O–H groups in total. The average molecular weight is 371 g/mol. The molecule has 1 aromatic carbocycles. The fourth-order valence-corrected chi connectivity index (χ4v) is 2.88. The lowest BCUT2D eigenvalue weighted by molar-refractivity contribution is -0.134. The third-order valence-corrected chi connectivity index (χ3v) is 4.29. The van der Waals surface area contributed by atoms with Gasteiger partial charge in [-0.1, -0.05) is 19.1 Å². The molecule has 134 valence electrons. The first-order valence-corrected chi connectivity index (χ1v) is 9.02. The Hall–Kier alpha value is -2.93. The second-order valence-corrected chi connectivity index (χ2v) is 6.23. The van der Waals surface area contributed by atoms with Gasteiger partial charge in [0.2, 0.25) is 5.90 Å². The summed E-state index contributed by atoms with van der Waals surface area (Å²) in [4.78, 5) is 28.6. The molecule has 1 aliphatic heterocycles. The summed E-state index contributed by atoms with van der Waals surface area (Å²) in [5, 5.41) is 1.89. The molecule has 1 aliphatic rings. The maximum atomic E-state index is 12.0. The fraction of sp³-hybridized carbons (Fsp3) is 0.211. The maximum Gasteiger partial charge on any atom is 0.363 e. The zero-order valence-electron chi connectivity index (χ0n) is 14.4. The van der Waals surface area contributed by atoms with Gasteiger partial charge in [-0.25, -0.2) is 9.79 Å². The van der Waals surface area contributed by atoms with Crippen LogP contribution in [0.5, 0.6) is 11.5 Å². The summed E-state index contributed by atoms with van der Waals surface area (Å²) in [5.41, 5.74) is 0.891. The van der Waals surface area contributed by atoms with Crippen LogP contribution in [0.3, 0.4) is 0 Å². The van der Waals surface area contributed by atoms with Crippen LogP contribution in [0.1, 0.15) is 30.7 Å². The molecule has 0 unspecified atom stereocenters. The first-order chi connectivity index (χ1) is 12.6. The van der Waals surface area contributed by atoms with Crippen LogP contribution in [-0.2, 0) is 14.3 Å². The third-order valence-electron chi connectivity index (χ3n) is 3.44. The number of carbonyl (C=O) groups excluding carboxylic acids is 2. The van der Waals surface area contributed by atoms with Crippen molar-refractivity contribution in [3.63, 3.8) is 0 Å². The first kappa shape index (κ1) is 17.9. The number of esters is 2. The normalized spacial score (nSPS) is 14.9. The molecule has 0 bridgehead atoms. The first-order valence-electron chi connectivity index (χ1n) is 8.14. The molecule has 6 nitrogen and oxygen atoms in total. The summed E-state index contributed by atoms with van der Waals surface area (Å²) in [5.74, 6) is 0.222. The van der Waals surface area contributed by atoms with Gasteiger partial charge in [-0.2, -0.15) is 0 Å². The molecule has 1 aromatic heterocycles. The summed E-state index contributed by atoms with van der Waals surface area (Å²) in [6, 6.07) is 8.75. The number of ether oxygens (including phenoxy) is 3. The van der Waals surface area contributed by atoms with Gasteiger partial charge in [0.1, 0.15) is 0 Å². The summed E-state index contributed by atoms with van der Waals surface area (Å²) < 4.78 is 16.0. The number of rotatable bonds is 6. The Morgan fingerprint density at radius 1 is 1.27 bits per heavy atom. The van der Waals surface area contributed by atoms with Crippen molar-refractivity contribution in [2.24, 2.45) is 4.99 Å². The topological polar surface area (TPSA) is 74.2 Å². The standard InChI is InChI=1S/C19H17NO5S/c1-3-17(21)24-14-8-7-12(11-15(14)23-4-2)10-13-19(22)25-18(20-13)16-6-5-9-26-16/h5-11H,3-4H2,1-2H3/b13-10+. The van der Waals surface area contributed by atoms with E-state index in [4.69, 9.17) is 14.2 Å². The minimum absolute atomic E-state index is 0.203. The molecular weight excluding hydrogens is 354 g/mol. The lowest BCUT2D eigenvalue weighted by Gasteiger charge is -2.10. The Morgan fingerprint density at radius 3 is 2.81 bits per heavy atom. The second-order valence-electron chi connectivity index (χ2n) is 5.28. The molecule has 0 radical (unpaired) electrons. The van der Waals surface area contributed by atoms with Gasteiger partial charge in [-0.05, 0) is 42.1 Å². The molecule has 26 heavy (non-hydrogen) atoms. The molecule has 2 heterocycles. The minimum Gasteiger partial charge on any atom is -0.490 e. The Kier molecular flexibility index (Phi) is 5.48. The van der Waals surface area contributed by atoms with Crippen molar-refractivity contribution in [1.82, 2.24) is 0 Å². The number of thiophene rings is 1. The van der Waals surface area contributed by atoms with Crippen LogP contribution in [0.15, 0.2) is 46.4 Å². The van der Waals surface area contributed by atoms with E-state index in [1.165, 1.54) is 11.3 Å². The number of benzene rings is 1. The molecule has 0 saturated heterocycles. The van der Waals surface area contributed by atoms with Crippen molar-refractivity contribution in [3.05, 3.63) is 51.8 Å². The van der Waals surface area contributed by atoms with Crippen LogP contribution < -0.4 is 9.47 Å². The Balaban J connectivity index is 1.89. The van der Waals surface area contributed by atoms with Crippen LogP contribution in [0.25, 0.3) is 6.08 Å². The third kappa shape index (κ3) is 4.00. The zero-order valence-corrected chi connectivity index (χ0v) is 15.2. The molecule has 0 aliphatic carbocycles. The van der Waals surface area contributed by atoms with Crippen molar-refractivity contribution in [3.8, 4) is 11.5 Å². The van der Waals surface area contributed by atoms with E-state index in [1.54, 1.807) is 31.2 Å². The molecule has 0 atom stereocenters. The lowest BCUT2D eigenvalue weighted by atomic mass is 10.1. The molecule has 3 rings (SSSR count). The van der Waals surface area contributed by atoms with E-state index in [-0.39, 0.29) is 18.1 Å². The van der Waals surface area contributed by atoms with Crippen LogP contribution in [0.4, 0.5) is 0 Å². The summed E-state index contributed by atoms with van der Waals surface area (Å²) in [6.45, 7) is 3.97. The van der Waals surface area contributed by atoms with Crippen molar-refractivity contribution in [2.75, 3.05) is 6.61 Å². The number of aliphatic imine (C=N–C) groups is 1. The van der Waals surface area contributed by atoms with Gasteiger partial charge in [0, 0.05) is 6.42 Å². The summed E-state index contributed by atoms with van der Waals surface area (Å²) in [6.07, 6.45) is 1.88. The van der Waals surface area contributed by atoms with Crippen LogP contribution in [-0.4, -0.2) is 24.4 Å². The second kappa shape index (κ2) is 7.97. The number of hydrogen-bond donors (Lipinski definition) is 0. The smallest absolute Gasteiger partial charge is 0.363 e. The van der Waals surface area contributed by atoms with Gasteiger partial charge in [-0.15, -0.1) is 11.3 Å². The van der Waals surface area contributed by atoms with Crippen LogP contribution >= 0.6 is 11.3 Å². The highest BCUT2D eigenvalue weighted by molar-refractivity contribution is 7.12. The number of nitrogens with zero attached hydrogens (tertiary/aromatic N) is 1. The summed E-state index contributed by atoms with van der Waals surface area (Å²) in [7, 11) is 0. The van der Waals surface area contributed by atoms with E-state index in [2.05, 4.69) is 4.99 Å². The lowest BCUT2D eigenvalue weighted by Crippen LogP contribution is -2.07. The molecule has 0 fully saturated rings. The predicted octanol–water partition coefficient (Wildman–Crippen LogP) is 3.81. The highest BCUT2D eigenvalue weighted by Crippen LogP contribution is 2.30. The molecule has 0 amide bonds. The monoisotopic (exact) mass is 371 g/mol. The Bertz CT molecular complexity index is 883. The van der Waals surface area contributed by atoms with E-state index in [1.807, 2.05) is 24.4 Å². The predicted molar refractivity (Wildman–Crippen MR) is 98.5 cm³/mol. The van der Waals surface area contributed by atoms with Gasteiger partial charge >= 0.3 is 11.9 Å². The van der Waals surface area contributed by atoms with Gasteiger partial charge in [0.15, 0.2) is 17.2 Å². The molecule has 7 heteroatoms. The van der Waals surface area contributed by atoms with Crippen LogP contribution in [0.2, 0.25) is 0 Å². The summed E-state index contributed by atoms with van der Waals surface area (Å²) >= 11 is 1.45. The maximum absolute atomic E-state index is 12.0. The van der Waals surface area contributed by atoms with Gasteiger partial charge in [0.25, 0.3) is 0 Å².